The van der Waals surface area contributed by atoms with Gasteiger partial charge in [-0.25, -0.2) is 16.8 Å². The lowest BCUT2D eigenvalue weighted by molar-refractivity contribution is -0.138. The van der Waals surface area contributed by atoms with E-state index in [1.165, 1.54) is 31.2 Å². The van der Waals surface area contributed by atoms with Crippen LogP contribution in [-0.2, 0) is 65.1 Å². The second-order valence-electron chi connectivity index (χ2n) is 15.8. The molecule has 14 nitrogen and oxygen atoms in total. The third-order valence-corrected chi connectivity index (χ3v) is 13.7. The van der Waals surface area contributed by atoms with Crippen molar-refractivity contribution < 1.29 is 62.1 Å². The Hall–Kier alpha value is -5.49. The smallest absolute Gasteiger partial charge is 0.416 e. The summed E-state index contributed by atoms with van der Waals surface area (Å²) in [6.07, 6.45) is -8.80. The zero-order chi connectivity index (χ0) is 50.4. The van der Waals surface area contributed by atoms with Crippen LogP contribution in [0.2, 0.25) is 0 Å². The van der Waals surface area contributed by atoms with Crippen molar-refractivity contribution in [2.24, 2.45) is 5.73 Å². The zero-order valence-corrected chi connectivity index (χ0v) is 40.0. The monoisotopic (exact) mass is 1030 g/mol. The Morgan fingerprint density at radius 3 is 1.38 bits per heavy atom. The summed E-state index contributed by atoms with van der Waals surface area (Å²) in [5.74, 6) is 1.02. The van der Waals surface area contributed by atoms with Gasteiger partial charge in [-0.1, -0.05) is 43.3 Å². The van der Waals surface area contributed by atoms with Gasteiger partial charge >= 0.3 is 12.4 Å². The molecule has 8 rings (SSSR count). The average Bonchev–Trinajstić information content (AvgIpc) is 3.90. The van der Waals surface area contributed by atoms with Crippen molar-refractivity contribution in [2.45, 2.75) is 64.2 Å². The van der Waals surface area contributed by atoms with Crippen LogP contribution in [0.15, 0.2) is 109 Å². The molecule has 2 aromatic heterocycles. The number of nitrogens with one attached hydrogen (secondary N) is 1. The number of sulfonamides is 1. The van der Waals surface area contributed by atoms with Gasteiger partial charge in [0.1, 0.15) is 17.0 Å². The normalized spacial score (nSPS) is 15.4. The van der Waals surface area contributed by atoms with E-state index in [0.29, 0.717) is 32.2 Å². The first-order valence-electron chi connectivity index (χ1n) is 21.4. The molecule has 372 valence electrons. The van der Waals surface area contributed by atoms with Crippen LogP contribution in [-0.4, -0.2) is 74.3 Å². The lowest BCUT2D eigenvalue weighted by Crippen LogP contribution is -2.59. The number of benzene rings is 4. The quantitative estimate of drug-likeness (QED) is 0.0784. The standard InChI is InChI=1S/C23H24F3N3O4S.C21H20F3N3O2.C2H5ClO2S/c1-3-29-20(13-21(27-29)33-19-10-8-17(9-11-19)23(24,25)26)16-6-5-7-18(12-16)22(14-32-15-22)28-34(30,31)4-2;1-2-27-18(14-4-3-5-16(10-14)20(25)12-28-13-20)11-19(26-27)29-17-8-6-15(7-9-17)21(22,23)24;1-2-6(3,4)5/h5-13,28H,3-4,14-15H2,1-2H3;3-11H,2,12-13,25H2,1H3;2H2,1H3. The molecular weight excluding hydrogens is 978 g/mol. The number of aromatic nitrogens is 4. The summed E-state index contributed by atoms with van der Waals surface area (Å²) in [6.45, 7) is 9.45. The first-order valence-corrected chi connectivity index (χ1v) is 25.5. The van der Waals surface area contributed by atoms with E-state index < -0.39 is 53.6 Å². The van der Waals surface area contributed by atoms with Gasteiger partial charge < -0.3 is 24.7 Å². The summed E-state index contributed by atoms with van der Waals surface area (Å²) in [5, 5.41) is 8.82. The Balaban J connectivity index is 0.000000205. The van der Waals surface area contributed by atoms with E-state index in [-0.39, 0.29) is 42.1 Å². The molecule has 0 radical (unpaired) electrons. The maximum atomic E-state index is 12.8. The fraction of sp³-hybridized carbons (Fsp3) is 0.348. The Kier molecular flexibility index (Phi) is 16.3. The van der Waals surface area contributed by atoms with Crippen LogP contribution in [0.3, 0.4) is 0 Å². The molecule has 0 atom stereocenters. The van der Waals surface area contributed by atoms with Crippen LogP contribution < -0.4 is 19.9 Å². The lowest BCUT2D eigenvalue weighted by Gasteiger charge is -2.42. The predicted octanol–water partition coefficient (Wildman–Crippen LogP) is 9.69. The van der Waals surface area contributed by atoms with Gasteiger partial charge in [0.25, 0.3) is 0 Å². The van der Waals surface area contributed by atoms with Crippen LogP contribution >= 0.6 is 10.7 Å². The maximum Gasteiger partial charge on any atom is 0.416 e. The van der Waals surface area contributed by atoms with Crippen molar-refractivity contribution >= 4 is 29.8 Å². The third kappa shape index (κ3) is 13.4. The number of aryl methyl sites for hydroxylation is 2. The molecule has 69 heavy (non-hydrogen) atoms. The molecule has 0 spiro atoms. The van der Waals surface area contributed by atoms with Crippen LogP contribution in [0.1, 0.15) is 49.9 Å². The highest BCUT2D eigenvalue weighted by Gasteiger charge is 2.43. The molecule has 0 saturated carbocycles. The third-order valence-electron chi connectivity index (χ3n) is 10.9. The molecule has 3 N–H and O–H groups in total. The van der Waals surface area contributed by atoms with E-state index in [1.807, 2.05) is 62.4 Å². The van der Waals surface area contributed by atoms with Gasteiger partial charge in [0.2, 0.25) is 30.8 Å². The van der Waals surface area contributed by atoms with E-state index in [2.05, 4.69) is 25.6 Å². The Morgan fingerprint density at radius 1 is 0.638 bits per heavy atom. The number of ether oxygens (including phenoxy) is 4. The van der Waals surface area contributed by atoms with Crippen LogP contribution in [0.4, 0.5) is 26.3 Å². The number of alkyl halides is 6. The number of nitrogens with zero attached hydrogens (tertiary/aromatic N) is 4. The molecule has 23 heteroatoms. The predicted molar refractivity (Wildman–Crippen MR) is 247 cm³/mol. The Labute approximate surface area is 399 Å². The summed E-state index contributed by atoms with van der Waals surface area (Å²) in [7, 11) is -1.96. The number of halogens is 7. The maximum absolute atomic E-state index is 12.8. The minimum absolute atomic E-state index is 0.00849. The van der Waals surface area contributed by atoms with E-state index in [9.17, 15) is 43.2 Å². The largest absolute Gasteiger partial charge is 0.438 e. The van der Waals surface area contributed by atoms with Crippen LogP contribution in [0, 0.1) is 0 Å². The number of hydrogen-bond donors (Lipinski definition) is 2. The summed E-state index contributed by atoms with van der Waals surface area (Å²) in [4.78, 5) is 0. The Morgan fingerprint density at radius 2 is 1.04 bits per heavy atom. The topological polar surface area (TPSA) is 179 Å². The van der Waals surface area contributed by atoms with Gasteiger partial charge in [-0.05, 0) is 92.6 Å². The van der Waals surface area contributed by atoms with Gasteiger partial charge in [0, 0.05) is 47.0 Å². The molecule has 4 heterocycles. The second kappa shape index (κ2) is 21.2. The van der Waals surface area contributed by atoms with Gasteiger partial charge in [-0.3, -0.25) is 9.36 Å². The molecule has 0 aliphatic carbocycles. The highest BCUT2D eigenvalue weighted by molar-refractivity contribution is 8.13. The molecule has 0 bridgehead atoms. The first-order chi connectivity index (χ1) is 32.4. The molecule has 2 fully saturated rings. The van der Waals surface area contributed by atoms with Crippen molar-refractivity contribution in [1.29, 1.82) is 0 Å². The molecule has 4 aromatic carbocycles. The minimum Gasteiger partial charge on any atom is -0.438 e. The van der Waals surface area contributed by atoms with Gasteiger partial charge in [0.15, 0.2) is 0 Å². The van der Waals surface area contributed by atoms with Gasteiger partial charge in [-0.15, -0.1) is 10.2 Å². The Bertz CT molecular complexity index is 2920. The number of nitrogens with two attached hydrogens (primary N) is 1. The fourth-order valence-corrected chi connectivity index (χ4v) is 7.89. The van der Waals surface area contributed by atoms with Crippen molar-refractivity contribution in [3.8, 4) is 45.8 Å². The van der Waals surface area contributed by atoms with Crippen molar-refractivity contribution in [3.05, 3.63) is 131 Å². The molecule has 2 saturated heterocycles. The SMILES string of the molecule is CCS(=O)(=O)Cl.CCn1nc(Oc2ccc(C(F)(F)F)cc2)cc1-c1cccc(C2(N)COC2)c1.CCn1nc(Oc2ccc(C(F)(F)F)cc2)cc1-c1cccc(C2(NS(=O)(=O)CC)COC2)c1. The average molecular weight is 1030 g/mol. The summed E-state index contributed by atoms with van der Waals surface area (Å²) >= 11 is 0. The molecule has 6 aromatic rings. The van der Waals surface area contributed by atoms with Crippen LogP contribution in [0.5, 0.6) is 23.3 Å². The number of rotatable bonds is 14. The number of hydrogen-bond acceptors (Lipinski definition) is 11. The molecule has 2 aliphatic heterocycles. The van der Waals surface area contributed by atoms with Gasteiger partial charge in [-0.2, -0.15) is 31.1 Å². The van der Waals surface area contributed by atoms with Crippen molar-refractivity contribution in [1.82, 2.24) is 24.3 Å². The molecule has 0 amide bonds. The molecule has 0 unspecified atom stereocenters. The van der Waals surface area contributed by atoms with E-state index >= 15 is 0 Å². The highest BCUT2D eigenvalue weighted by atomic mass is 35.7. The summed E-state index contributed by atoms with van der Waals surface area (Å²) in [6, 6.07) is 27.7. The highest BCUT2D eigenvalue weighted by Crippen LogP contribution is 2.37. The second-order valence-corrected chi connectivity index (χ2v) is 20.9. The fourth-order valence-electron chi connectivity index (χ4n) is 6.91. The van der Waals surface area contributed by atoms with Crippen LogP contribution in [0.25, 0.3) is 22.5 Å². The van der Waals surface area contributed by atoms with E-state index in [1.54, 1.807) is 28.4 Å². The van der Waals surface area contributed by atoms with Crippen molar-refractivity contribution in [3.63, 3.8) is 0 Å². The van der Waals surface area contributed by atoms with Crippen molar-refractivity contribution in [2.75, 3.05) is 37.9 Å². The lowest BCUT2D eigenvalue weighted by atomic mass is 9.88. The van der Waals surface area contributed by atoms with Gasteiger partial charge in [0.05, 0.1) is 66.0 Å². The van der Waals surface area contributed by atoms with E-state index in [0.717, 1.165) is 57.9 Å². The first kappa shape index (κ1) is 52.9. The molecular formula is C46H49ClF6N6O8S2. The summed E-state index contributed by atoms with van der Waals surface area (Å²) in [5.41, 5.74) is 8.56. The summed E-state index contributed by atoms with van der Waals surface area (Å²) < 4.78 is 149. The zero-order valence-electron chi connectivity index (χ0n) is 37.6. The molecule has 2 aliphatic rings. The van der Waals surface area contributed by atoms with E-state index in [4.69, 9.17) is 24.7 Å². The minimum atomic E-state index is -4.42.